The van der Waals surface area contributed by atoms with Gasteiger partial charge in [-0.15, -0.1) is 0 Å². The lowest BCUT2D eigenvalue weighted by molar-refractivity contribution is 0.486. The number of halogens is 2. The molecule has 0 aromatic heterocycles. The van der Waals surface area contributed by atoms with Gasteiger partial charge < -0.3 is 5.32 Å². The van der Waals surface area contributed by atoms with Gasteiger partial charge in [-0.1, -0.05) is 25.4 Å². The molecule has 0 saturated carbocycles. The van der Waals surface area contributed by atoms with Gasteiger partial charge in [0.25, 0.3) is 0 Å². The predicted octanol–water partition coefficient (Wildman–Crippen LogP) is 4.05. The monoisotopic (exact) mass is 257 g/mol. The van der Waals surface area contributed by atoms with Gasteiger partial charge in [0.05, 0.1) is 0 Å². The van der Waals surface area contributed by atoms with Crippen molar-refractivity contribution in [2.24, 2.45) is 5.92 Å². The summed E-state index contributed by atoms with van der Waals surface area (Å²) in [7, 11) is 0. The lowest BCUT2D eigenvalue weighted by Gasteiger charge is -2.12. The fraction of sp³-hybridized carbons (Fsp3) is 0.571. The molecule has 0 aliphatic carbocycles. The Labute approximate surface area is 108 Å². The van der Waals surface area contributed by atoms with E-state index in [1.165, 1.54) is 6.07 Å². The summed E-state index contributed by atoms with van der Waals surface area (Å²) in [5.74, 6) is 0.315. The summed E-state index contributed by atoms with van der Waals surface area (Å²) in [5.41, 5.74) is 0.723. The van der Waals surface area contributed by atoms with E-state index in [9.17, 15) is 4.39 Å². The van der Waals surface area contributed by atoms with Crippen molar-refractivity contribution in [3.05, 3.63) is 34.6 Å². The van der Waals surface area contributed by atoms with Crippen LogP contribution in [0.4, 0.5) is 4.39 Å². The third-order valence-corrected chi connectivity index (χ3v) is 3.05. The summed E-state index contributed by atoms with van der Waals surface area (Å²) >= 11 is 5.87. The van der Waals surface area contributed by atoms with E-state index < -0.39 is 0 Å². The second kappa shape index (κ2) is 7.67. The molecule has 0 heterocycles. The highest BCUT2D eigenvalue weighted by atomic mass is 35.5. The summed E-state index contributed by atoms with van der Waals surface area (Å²) in [6.07, 6.45) is 2.96. The van der Waals surface area contributed by atoms with Crippen LogP contribution < -0.4 is 5.32 Å². The molecule has 1 atom stereocenters. The highest BCUT2D eigenvalue weighted by Gasteiger charge is 2.08. The van der Waals surface area contributed by atoms with Crippen molar-refractivity contribution in [2.75, 3.05) is 13.1 Å². The Morgan fingerprint density at radius 1 is 1.35 bits per heavy atom. The van der Waals surface area contributed by atoms with Crippen LogP contribution in [0.2, 0.25) is 5.02 Å². The van der Waals surface area contributed by atoms with E-state index in [0.717, 1.165) is 37.9 Å². The number of benzene rings is 1. The molecule has 1 rings (SSSR count). The summed E-state index contributed by atoms with van der Waals surface area (Å²) in [6.45, 7) is 6.35. The van der Waals surface area contributed by atoms with Crippen molar-refractivity contribution in [3.63, 3.8) is 0 Å². The highest BCUT2D eigenvalue weighted by molar-refractivity contribution is 6.30. The summed E-state index contributed by atoms with van der Waals surface area (Å²) in [5, 5.41) is 3.97. The Kier molecular flexibility index (Phi) is 6.53. The standard InChI is InChI=1S/C14H21ClFN/c1-3-7-17-8-6-11(2)9-12-10-13(15)4-5-14(12)16/h4-5,10-11,17H,3,6-9H2,1-2H3. The van der Waals surface area contributed by atoms with E-state index in [-0.39, 0.29) is 5.82 Å². The number of nitrogens with one attached hydrogen (secondary N) is 1. The first-order chi connectivity index (χ1) is 8.13. The average molecular weight is 258 g/mol. The summed E-state index contributed by atoms with van der Waals surface area (Å²) in [4.78, 5) is 0. The third-order valence-electron chi connectivity index (χ3n) is 2.82. The van der Waals surface area contributed by atoms with Gasteiger partial charge in [-0.2, -0.15) is 0 Å². The van der Waals surface area contributed by atoms with Gasteiger partial charge in [0, 0.05) is 5.02 Å². The fourth-order valence-electron chi connectivity index (χ4n) is 1.83. The Morgan fingerprint density at radius 3 is 2.82 bits per heavy atom. The van der Waals surface area contributed by atoms with Crippen LogP contribution in [0, 0.1) is 11.7 Å². The third kappa shape index (κ3) is 5.51. The maximum Gasteiger partial charge on any atom is 0.126 e. The zero-order valence-electron chi connectivity index (χ0n) is 10.6. The van der Waals surface area contributed by atoms with Crippen molar-refractivity contribution in [1.82, 2.24) is 5.32 Å². The minimum Gasteiger partial charge on any atom is -0.317 e. The first kappa shape index (κ1) is 14.5. The zero-order valence-corrected chi connectivity index (χ0v) is 11.4. The number of hydrogen-bond acceptors (Lipinski definition) is 1. The molecule has 0 spiro atoms. The Bertz CT molecular complexity index is 341. The van der Waals surface area contributed by atoms with Crippen LogP contribution in [0.3, 0.4) is 0 Å². The van der Waals surface area contributed by atoms with Crippen LogP contribution in [0.1, 0.15) is 32.3 Å². The molecule has 17 heavy (non-hydrogen) atoms. The zero-order chi connectivity index (χ0) is 12.7. The molecule has 0 saturated heterocycles. The lowest BCUT2D eigenvalue weighted by Crippen LogP contribution is -2.18. The molecule has 96 valence electrons. The lowest BCUT2D eigenvalue weighted by atomic mass is 9.98. The molecule has 0 radical (unpaired) electrons. The Balaban J connectivity index is 2.39. The molecule has 0 fully saturated rings. The van der Waals surface area contributed by atoms with Gasteiger partial charge in [0.15, 0.2) is 0 Å². The minimum absolute atomic E-state index is 0.150. The van der Waals surface area contributed by atoms with Crippen LogP contribution in [0.15, 0.2) is 18.2 Å². The van der Waals surface area contributed by atoms with Crippen molar-refractivity contribution in [3.8, 4) is 0 Å². The molecule has 1 aromatic carbocycles. The quantitative estimate of drug-likeness (QED) is 0.727. The van der Waals surface area contributed by atoms with Gasteiger partial charge in [-0.3, -0.25) is 0 Å². The Morgan fingerprint density at radius 2 is 2.12 bits per heavy atom. The second-order valence-corrected chi connectivity index (χ2v) is 5.02. The predicted molar refractivity (Wildman–Crippen MR) is 72.1 cm³/mol. The summed E-state index contributed by atoms with van der Waals surface area (Å²) < 4.78 is 13.5. The number of rotatable bonds is 7. The van der Waals surface area contributed by atoms with E-state index in [0.29, 0.717) is 10.9 Å². The van der Waals surface area contributed by atoms with Gasteiger partial charge in [-0.05, 0) is 62.0 Å². The van der Waals surface area contributed by atoms with E-state index in [2.05, 4.69) is 19.2 Å². The smallest absolute Gasteiger partial charge is 0.126 e. The molecular formula is C14H21ClFN. The minimum atomic E-state index is -0.150. The normalized spacial score (nSPS) is 12.7. The van der Waals surface area contributed by atoms with E-state index in [1.54, 1.807) is 12.1 Å². The topological polar surface area (TPSA) is 12.0 Å². The van der Waals surface area contributed by atoms with Crippen molar-refractivity contribution in [1.29, 1.82) is 0 Å². The molecule has 1 N–H and O–H groups in total. The molecule has 1 unspecified atom stereocenters. The first-order valence-corrected chi connectivity index (χ1v) is 6.66. The average Bonchev–Trinajstić information content (AvgIpc) is 2.29. The van der Waals surface area contributed by atoms with Gasteiger partial charge in [0.1, 0.15) is 5.82 Å². The fourth-order valence-corrected chi connectivity index (χ4v) is 2.02. The van der Waals surface area contributed by atoms with Gasteiger partial charge >= 0.3 is 0 Å². The van der Waals surface area contributed by atoms with Crippen LogP contribution in [0.5, 0.6) is 0 Å². The van der Waals surface area contributed by atoms with Gasteiger partial charge in [-0.25, -0.2) is 4.39 Å². The van der Waals surface area contributed by atoms with E-state index >= 15 is 0 Å². The van der Waals surface area contributed by atoms with Crippen LogP contribution in [-0.2, 0) is 6.42 Å². The molecule has 3 heteroatoms. The van der Waals surface area contributed by atoms with Crippen LogP contribution in [-0.4, -0.2) is 13.1 Å². The molecule has 1 aromatic rings. The van der Waals surface area contributed by atoms with E-state index in [4.69, 9.17) is 11.6 Å². The molecule has 0 bridgehead atoms. The molecular weight excluding hydrogens is 237 g/mol. The van der Waals surface area contributed by atoms with Crippen molar-refractivity contribution >= 4 is 11.6 Å². The second-order valence-electron chi connectivity index (χ2n) is 4.58. The van der Waals surface area contributed by atoms with Crippen LogP contribution in [0.25, 0.3) is 0 Å². The van der Waals surface area contributed by atoms with Gasteiger partial charge in [0.2, 0.25) is 0 Å². The van der Waals surface area contributed by atoms with Crippen molar-refractivity contribution < 1.29 is 4.39 Å². The molecule has 0 amide bonds. The maximum atomic E-state index is 13.5. The maximum absolute atomic E-state index is 13.5. The first-order valence-electron chi connectivity index (χ1n) is 6.28. The molecule has 0 aliphatic heterocycles. The highest BCUT2D eigenvalue weighted by Crippen LogP contribution is 2.19. The Hall–Kier alpha value is -0.600. The summed E-state index contributed by atoms with van der Waals surface area (Å²) in [6, 6.07) is 4.76. The SMILES string of the molecule is CCCNCCC(C)Cc1cc(Cl)ccc1F. The number of hydrogen-bond donors (Lipinski definition) is 1. The van der Waals surface area contributed by atoms with Crippen molar-refractivity contribution in [2.45, 2.75) is 33.1 Å². The van der Waals surface area contributed by atoms with E-state index in [1.807, 2.05) is 0 Å². The molecule has 1 nitrogen and oxygen atoms in total. The van der Waals surface area contributed by atoms with Crippen LogP contribution >= 0.6 is 11.6 Å². The molecule has 0 aliphatic rings. The largest absolute Gasteiger partial charge is 0.317 e.